The van der Waals surface area contributed by atoms with Crippen LogP contribution in [0.2, 0.25) is 0 Å². The number of ketones is 1. The molecule has 2 aliphatic heterocycles. The third kappa shape index (κ3) is 8.18. The van der Waals surface area contributed by atoms with E-state index in [1.54, 1.807) is 4.68 Å². The summed E-state index contributed by atoms with van der Waals surface area (Å²) in [5.41, 5.74) is 6.85. The molecule has 8 heteroatoms. The molecule has 6 rings (SSSR count). The first kappa shape index (κ1) is 32.7. The summed E-state index contributed by atoms with van der Waals surface area (Å²) in [6.07, 6.45) is 4.08. The molecule has 246 valence electrons. The number of Topliss-reactive ketones (excluding diaryl/α,β-unsaturated/α-hetero) is 1. The molecule has 1 aromatic heterocycles. The molecule has 0 bridgehead atoms. The van der Waals surface area contributed by atoms with Crippen LogP contribution in [0.1, 0.15) is 78.7 Å². The molecular formula is C39H48N6O2. The van der Waals surface area contributed by atoms with Gasteiger partial charge in [0.1, 0.15) is 5.82 Å². The lowest BCUT2D eigenvalue weighted by molar-refractivity contribution is 0.0895. The average Bonchev–Trinajstić information content (AvgIpc) is 3.75. The van der Waals surface area contributed by atoms with Crippen molar-refractivity contribution in [3.05, 3.63) is 107 Å². The lowest BCUT2D eigenvalue weighted by atomic mass is 9.89. The van der Waals surface area contributed by atoms with E-state index in [1.165, 1.54) is 5.56 Å². The third-order valence-electron chi connectivity index (χ3n) is 9.61. The van der Waals surface area contributed by atoms with Crippen molar-refractivity contribution in [1.29, 1.82) is 0 Å². The van der Waals surface area contributed by atoms with Crippen molar-refractivity contribution >= 4 is 23.3 Å². The largest absolute Gasteiger partial charge is 0.324 e. The Morgan fingerprint density at radius 3 is 2.32 bits per heavy atom. The fourth-order valence-electron chi connectivity index (χ4n) is 6.64. The summed E-state index contributed by atoms with van der Waals surface area (Å²) in [5.74, 6) is 1.86. The van der Waals surface area contributed by atoms with Gasteiger partial charge in [0.2, 0.25) is 0 Å². The summed E-state index contributed by atoms with van der Waals surface area (Å²) >= 11 is 0. The second-order valence-corrected chi connectivity index (χ2v) is 14.3. The number of carbonyl (C=O) groups excluding carboxylic acids is 2. The lowest BCUT2D eigenvalue weighted by Gasteiger charge is -2.31. The van der Waals surface area contributed by atoms with Crippen LogP contribution in [0.15, 0.2) is 78.9 Å². The maximum Gasteiger partial charge on any atom is 0.324 e. The Bertz CT molecular complexity index is 1670. The maximum atomic E-state index is 13.4. The lowest BCUT2D eigenvalue weighted by Crippen LogP contribution is -2.38. The molecule has 2 fully saturated rings. The summed E-state index contributed by atoms with van der Waals surface area (Å²) < 4.78 is 1.80. The van der Waals surface area contributed by atoms with Gasteiger partial charge in [-0.25, -0.2) is 9.48 Å². The van der Waals surface area contributed by atoms with E-state index < -0.39 is 0 Å². The number of nitrogens with one attached hydrogen (secondary N) is 3. The average molecular weight is 633 g/mol. The predicted octanol–water partition coefficient (Wildman–Crippen LogP) is 7.34. The number of aromatic nitrogens is 2. The number of piperidine rings is 1. The summed E-state index contributed by atoms with van der Waals surface area (Å²) in [6.45, 7) is 12.8. The monoisotopic (exact) mass is 632 g/mol. The van der Waals surface area contributed by atoms with Gasteiger partial charge in [-0.15, -0.1) is 0 Å². The van der Waals surface area contributed by atoms with Gasteiger partial charge in [-0.05, 0) is 93.4 Å². The molecule has 2 amide bonds. The molecule has 3 heterocycles. The molecule has 1 atom stereocenters. The van der Waals surface area contributed by atoms with Gasteiger partial charge < -0.3 is 10.6 Å². The van der Waals surface area contributed by atoms with E-state index in [0.717, 1.165) is 85.6 Å². The molecule has 2 saturated heterocycles. The fraction of sp³-hybridized carbons (Fsp3) is 0.410. The molecule has 3 aromatic carbocycles. The van der Waals surface area contributed by atoms with Gasteiger partial charge in [0.15, 0.2) is 5.78 Å². The van der Waals surface area contributed by atoms with Crippen LogP contribution >= 0.6 is 0 Å². The number of hydrogen-bond acceptors (Lipinski definition) is 5. The van der Waals surface area contributed by atoms with E-state index in [4.69, 9.17) is 5.10 Å². The van der Waals surface area contributed by atoms with Gasteiger partial charge in [0, 0.05) is 29.3 Å². The molecule has 47 heavy (non-hydrogen) atoms. The van der Waals surface area contributed by atoms with Crippen molar-refractivity contribution in [3.63, 3.8) is 0 Å². The number of urea groups is 1. The predicted molar refractivity (Wildman–Crippen MR) is 190 cm³/mol. The molecule has 8 nitrogen and oxygen atoms in total. The van der Waals surface area contributed by atoms with Crippen LogP contribution in [0.3, 0.4) is 0 Å². The molecule has 0 radical (unpaired) electrons. The van der Waals surface area contributed by atoms with Crippen LogP contribution in [0.5, 0.6) is 0 Å². The number of aryl methyl sites for hydroxylation is 1. The summed E-state index contributed by atoms with van der Waals surface area (Å²) in [6, 6.07) is 26.1. The van der Waals surface area contributed by atoms with Crippen LogP contribution in [0.4, 0.5) is 16.3 Å². The zero-order chi connectivity index (χ0) is 33.0. The van der Waals surface area contributed by atoms with E-state index in [-0.39, 0.29) is 17.2 Å². The first-order valence-corrected chi connectivity index (χ1v) is 17.0. The molecule has 4 aromatic rings. The third-order valence-corrected chi connectivity index (χ3v) is 9.61. The van der Waals surface area contributed by atoms with E-state index in [9.17, 15) is 9.59 Å². The van der Waals surface area contributed by atoms with Crippen LogP contribution < -0.4 is 16.0 Å². The van der Waals surface area contributed by atoms with Gasteiger partial charge >= 0.3 is 6.03 Å². The van der Waals surface area contributed by atoms with Crippen molar-refractivity contribution in [3.8, 4) is 5.69 Å². The topological polar surface area (TPSA) is 91.3 Å². The van der Waals surface area contributed by atoms with E-state index in [0.29, 0.717) is 24.2 Å². The van der Waals surface area contributed by atoms with Gasteiger partial charge in [0.25, 0.3) is 0 Å². The Morgan fingerprint density at radius 2 is 1.64 bits per heavy atom. The standard InChI is InChI=1S/C39H48N6O2/c1-27-9-15-33(16-10-27)45-37(24-36(43-45)39(2,3)4)42-38(47)41-34-8-6-5-7-31(34)23-28-18-21-44(22-19-28)26-35(46)30-13-11-29(12-14-30)32-17-20-40-25-32/h5-16,24,28,32,40H,17-23,25-26H2,1-4H3,(H2,41,42,47). The quantitative estimate of drug-likeness (QED) is 0.168. The fourth-order valence-corrected chi connectivity index (χ4v) is 6.64. The van der Waals surface area contributed by atoms with Gasteiger partial charge in [-0.2, -0.15) is 5.10 Å². The molecule has 2 aliphatic rings. The van der Waals surface area contributed by atoms with E-state index in [1.807, 2.05) is 60.7 Å². The zero-order valence-corrected chi connectivity index (χ0v) is 28.2. The minimum atomic E-state index is -0.299. The first-order chi connectivity index (χ1) is 22.6. The van der Waals surface area contributed by atoms with Crippen molar-refractivity contribution < 1.29 is 9.59 Å². The number of anilines is 2. The smallest absolute Gasteiger partial charge is 0.316 e. The Balaban J connectivity index is 1.04. The molecule has 0 spiro atoms. The summed E-state index contributed by atoms with van der Waals surface area (Å²) in [4.78, 5) is 28.7. The van der Waals surface area contributed by atoms with Crippen LogP contribution in [0, 0.1) is 12.8 Å². The highest BCUT2D eigenvalue weighted by molar-refractivity contribution is 6.00. The Kier molecular flexibility index (Phi) is 9.89. The number of likely N-dealkylation sites (tertiary alicyclic amines) is 1. The minimum Gasteiger partial charge on any atom is -0.316 e. The van der Waals surface area contributed by atoms with Crippen LogP contribution in [-0.4, -0.2) is 59.2 Å². The number of carbonyl (C=O) groups is 2. The Morgan fingerprint density at radius 1 is 0.915 bits per heavy atom. The Hall–Kier alpha value is -4.27. The van der Waals surface area contributed by atoms with Gasteiger partial charge in [-0.1, -0.05) is 80.9 Å². The highest BCUT2D eigenvalue weighted by Crippen LogP contribution is 2.29. The zero-order valence-electron chi connectivity index (χ0n) is 28.2. The molecular weight excluding hydrogens is 584 g/mol. The highest BCUT2D eigenvalue weighted by Gasteiger charge is 2.24. The molecule has 0 saturated carbocycles. The molecule has 3 N–H and O–H groups in total. The van der Waals surface area contributed by atoms with E-state index in [2.05, 4.69) is 66.7 Å². The molecule has 1 unspecified atom stereocenters. The number of hydrogen-bond donors (Lipinski definition) is 3. The van der Waals surface area contributed by atoms with Crippen LogP contribution in [-0.2, 0) is 11.8 Å². The number of amides is 2. The first-order valence-electron chi connectivity index (χ1n) is 17.0. The van der Waals surface area contributed by atoms with Gasteiger partial charge in [-0.3, -0.25) is 15.0 Å². The number of para-hydroxylation sites is 1. The normalized spacial score (nSPS) is 17.5. The van der Waals surface area contributed by atoms with Gasteiger partial charge in [0.05, 0.1) is 17.9 Å². The second kappa shape index (κ2) is 14.2. The molecule has 0 aliphatic carbocycles. The van der Waals surface area contributed by atoms with Crippen molar-refractivity contribution in [2.45, 2.75) is 64.7 Å². The second-order valence-electron chi connectivity index (χ2n) is 14.3. The van der Waals surface area contributed by atoms with Crippen LogP contribution in [0.25, 0.3) is 5.69 Å². The van der Waals surface area contributed by atoms with E-state index >= 15 is 0 Å². The highest BCUT2D eigenvalue weighted by atomic mass is 16.2. The van der Waals surface area contributed by atoms with Crippen molar-refractivity contribution in [2.24, 2.45) is 5.92 Å². The SMILES string of the molecule is Cc1ccc(-n2nc(C(C)(C)C)cc2NC(=O)Nc2ccccc2CC2CCN(CC(=O)c3ccc(C4CCNC4)cc3)CC2)cc1. The number of rotatable bonds is 9. The summed E-state index contributed by atoms with van der Waals surface area (Å²) in [5, 5.41) is 14.4. The van der Waals surface area contributed by atoms with Crippen molar-refractivity contribution in [1.82, 2.24) is 20.0 Å². The number of nitrogens with zero attached hydrogens (tertiary/aromatic N) is 3. The Labute approximate surface area is 278 Å². The maximum absolute atomic E-state index is 13.4. The number of benzene rings is 3. The van der Waals surface area contributed by atoms with Crippen molar-refractivity contribution in [2.75, 3.05) is 43.4 Å². The summed E-state index contributed by atoms with van der Waals surface area (Å²) in [7, 11) is 0. The minimum absolute atomic E-state index is 0.170.